The van der Waals surface area contributed by atoms with Crippen LogP contribution in [-0.2, 0) is 4.79 Å². The second-order valence-corrected chi connectivity index (χ2v) is 4.54. The van der Waals surface area contributed by atoms with Gasteiger partial charge in [0.15, 0.2) is 5.75 Å². The minimum atomic E-state index is -0.496. The van der Waals surface area contributed by atoms with Gasteiger partial charge in [0.05, 0.1) is 17.8 Å². The first-order chi connectivity index (χ1) is 8.11. The Balaban J connectivity index is 2.33. The topological polar surface area (TPSA) is 81.5 Å². The summed E-state index contributed by atoms with van der Waals surface area (Å²) >= 11 is 1.41. The standard InChI is InChI=1S/C10H10N2O4S/c1-16-8-3-2-6(4-7(8)12(14)15)10-11-9(13)5-17-10/h2-4,10H,5H2,1H3,(H,11,13). The van der Waals surface area contributed by atoms with E-state index < -0.39 is 4.92 Å². The predicted molar refractivity (Wildman–Crippen MR) is 63.0 cm³/mol. The molecule has 1 unspecified atom stereocenters. The minimum absolute atomic E-state index is 0.0570. The smallest absolute Gasteiger partial charge is 0.311 e. The fourth-order valence-electron chi connectivity index (χ4n) is 1.58. The number of ether oxygens (including phenoxy) is 1. The fourth-order valence-corrected chi connectivity index (χ4v) is 2.54. The molecule has 1 aliphatic heterocycles. The van der Waals surface area contributed by atoms with E-state index in [-0.39, 0.29) is 22.7 Å². The number of carbonyl (C=O) groups excluding carboxylic acids is 1. The van der Waals surface area contributed by atoms with Crippen molar-refractivity contribution < 1.29 is 14.5 Å². The van der Waals surface area contributed by atoms with Crippen molar-refractivity contribution in [2.45, 2.75) is 5.37 Å². The Morgan fingerprint density at radius 1 is 1.59 bits per heavy atom. The molecular weight excluding hydrogens is 244 g/mol. The lowest BCUT2D eigenvalue weighted by Gasteiger charge is -2.10. The predicted octanol–water partition coefficient (Wildman–Crippen LogP) is 1.46. The van der Waals surface area contributed by atoms with Gasteiger partial charge in [-0.3, -0.25) is 14.9 Å². The SMILES string of the molecule is COc1ccc(C2NC(=O)CS2)cc1[N+](=O)[O-]. The van der Waals surface area contributed by atoms with Gasteiger partial charge in [-0.15, -0.1) is 11.8 Å². The average molecular weight is 254 g/mol. The van der Waals surface area contributed by atoms with Crippen molar-refractivity contribution in [2.75, 3.05) is 12.9 Å². The maximum absolute atomic E-state index is 11.1. The van der Waals surface area contributed by atoms with E-state index in [1.165, 1.54) is 24.9 Å². The van der Waals surface area contributed by atoms with Gasteiger partial charge >= 0.3 is 5.69 Å². The van der Waals surface area contributed by atoms with Gasteiger partial charge in [-0.1, -0.05) is 6.07 Å². The summed E-state index contributed by atoms with van der Waals surface area (Å²) in [7, 11) is 1.38. The van der Waals surface area contributed by atoms with E-state index >= 15 is 0 Å². The number of amides is 1. The average Bonchev–Trinajstić information content (AvgIpc) is 2.75. The molecule has 0 spiro atoms. The van der Waals surface area contributed by atoms with Crippen LogP contribution in [0.25, 0.3) is 0 Å². The molecule has 7 heteroatoms. The lowest BCUT2D eigenvalue weighted by atomic mass is 10.2. The quantitative estimate of drug-likeness (QED) is 0.652. The Bertz CT molecular complexity index is 477. The zero-order valence-corrected chi connectivity index (χ0v) is 9.82. The molecule has 0 aromatic heterocycles. The molecule has 0 saturated carbocycles. The molecule has 6 nitrogen and oxygen atoms in total. The first-order valence-corrected chi connectivity index (χ1v) is 5.90. The number of rotatable bonds is 3. The van der Waals surface area contributed by atoms with Crippen LogP contribution >= 0.6 is 11.8 Å². The van der Waals surface area contributed by atoms with Gasteiger partial charge in [0.25, 0.3) is 0 Å². The highest BCUT2D eigenvalue weighted by Crippen LogP contribution is 2.35. The number of hydrogen-bond acceptors (Lipinski definition) is 5. The van der Waals surface area contributed by atoms with Crippen LogP contribution in [0.2, 0.25) is 0 Å². The van der Waals surface area contributed by atoms with E-state index in [4.69, 9.17) is 4.74 Å². The molecule has 1 saturated heterocycles. The van der Waals surface area contributed by atoms with E-state index in [9.17, 15) is 14.9 Å². The van der Waals surface area contributed by atoms with Crippen molar-refractivity contribution in [3.05, 3.63) is 33.9 Å². The molecule has 1 heterocycles. The Morgan fingerprint density at radius 3 is 2.88 bits per heavy atom. The third-order valence-electron chi connectivity index (χ3n) is 2.38. The van der Waals surface area contributed by atoms with Crippen molar-refractivity contribution in [1.29, 1.82) is 0 Å². The summed E-state index contributed by atoms with van der Waals surface area (Å²) in [6.07, 6.45) is 0. The van der Waals surface area contributed by atoms with Gasteiger partial charge in [-0.05, 0) is 11.6 Å². The third-order valence-corrected chi connectivity index (χ3v) is 3.53. The van der Waals surface area contributed by atoms with Crippen molar-refractivity contribution in [1.82, 2.24) is 5.32 Å². The number of methoxy groups -OCH3 is 1. The van der Waals surface area contributed by atoms with E-state index in [1.54, 1.807) is 12.1 Å². The highest BCUT2D eigenvalue weighted by molar-refractivity contribution is 8.00. The van der Waals surface area contributed by atoms with Crippen LogP contribution in [0.3, 0.4) is 0 Å². The van der Waals surface area contributed by atoms with Crippen molar-refractivity contribution >= 4 is 23.4 Å². The zero-order chi connectivity index (χ0) is 12.4. The highest BCUT2D eigenvalue weighted by Gasteiger charge is 2.25. The summed E-state index contributed by atoms with van der Waals surface area (Å²) in [6.45, 7) is 0. The number of nitrogens with one attached hydrogen (secondary N) is 1. The first-order valence-electron chi connectivity index (χ1n) is 4.85. The van der Waals surface area contributed by atoms with Crippen LogP contribution < -0.4 is 10.1 Å². The Hall–Kier alpha value is -1.76. The summed E-state index contributed by atoms with van der Waals surface area (Å²) in [5.41, 5.74) is 0.611. The van der Waals surface area contributed by atoms with Crippen LogP contribution in [-0.4, -0.2) is 23.7 Å². The van der Waals surface area contributed by atoms with Crippen LogP contribution in [0.4, 0.5) is 5.69 Å². The van der Waals surface area contributed by atoms with E-state index in [0.717, 1.165) is 0 Å². The summed E-state index contributed by atoms with van der Waals surface area (Å²) in [6, 6.07) is 4.69. The molecule has 0 bridgehead atoms. The van der Waals surface area contributed by atoms with Gasteiger partial charge in [-0.25, -0.2) is 0 Å². The van der Waals surface area contributed by atoms with Crippen molar-refractivity contribution in [3.8, 4) is 5.75 Å². The summed E-state index contributed by atoms with van der Waals surface area (Å²) in [5, 5.41) is 13.4. The van der Waals surface area contributed by atoms with E-state index in [2.05, 4.69) is 5.32 Å². The molecule has 1 atom stereocenters. The molecule has 1 aliphatic rings. The maximum atomic E-state index is 11.1. The highest BCUT2D eigenvalue weighted by atomic mass is 32.2. The number of benzene rings is 1. The van der Waals surface area contributed by atoms with Crippen molar-refractivity contribution in [2.24, 2.45) is 0 Å². The van der Waals surface area contributed by atoms with Crippen molar-refractivity contribution in [3.63, 3.8) is 0 Å². The molecule has 1 fully saturated rings. The molecule has 17 heavy (non-hydrogen) atoms. The van der Waals surface area contributed by atoms with Crippen LogP contribution in [0.1, 0.15) is 10.9 Å². The molecule has 0 aliphatic carbocycles. The number of carbonyl (C=O) groups is 1. The number of hydrogen-bond donors (Lipinski definition) is 1. The minimum Gasteiger partial charge on any atom is -0.490 e. The zero-order valence-electron chi connectivity index (χ0n) is 9.00. The second kappa shape index (κ2) is 4.62. The maximum Gasteiger partial charge on any atom is 0.311 e. The van der Waals surface area contributed by atoms with Gasteiger partial charge in [0.2, 0.25) is 5.91 Å². The molecule has 1 aromatic carbocycles. The van der Waals surface area contributed by atoms with Crippen LogP contribution in [0, 0.1) is 10.1 Å². The van der Waals surface area contributed by atoms with Crippen LogP contribution in [0.15, 0.2) is 18.2 Å². The van der Waals surface area contributed by atoms with Gasteiger partial charge in [0, 0.05) is 6.07 Å². The summed E-state index contributed by atoms with van der Waals surface area (Å²) in [4.78, 5) is 21.4. The lowest BCUT2D eigenvalue weighted by Crippen LogP contribution is -2.18. The first kappa shape index (κ1) is 11.7. The summed E-state index contributed by atoms with van der Waals surface area (Å²) in [5.74, 6) is 0.538. The Kier molecular flexibility index (Phi) is 3.19. The molecule has 1 amide bonds. The normalized spacial score (nSPS) is 18.9. The third kappa shape index (κ3) is 2.33. The molecule has 1 N–H and O–H groups in total. The number of nitro groups is 1. The van der Waals surface area contributed by atoms with Gasteiger partial charge in [-0.2, -0.15) is 0 Å². The van der Waals surface area contributed by atoms with E-state index in [1.807, 2.05) is 0 Å². The fraction of sp³-hybridized carbons (Fsp3) is 0.300. The number of nitrogens with zero attached hydrogens (tertiary/aromatic N) is 1. The molecule has 90 valence electrons. The monoisotopic (exact) mass is 254 g/mol. The molecule has 2 rings (SSSR count). The number of nitro benzene ring substituents is 1. The Labute approximate surface area is 101 Å². The summed E-state index contributed by atoms with van der Waals surface area (Å²) < 4.78 is 4.91. The lowest BCUT2D eigenvalue weighted by molar-refractivity contribution is -0.385. The van der Waals surface area contributed by atoms with E-state index in [0.29, 0.717) is 11.3 Å². The second-order valence-electron chi connectivity index (χ2n) is 3.45. The largest absolute Gasteiger partial charge is 0.490 e. The number of thioether (sulfide) groups is 1. The molecular formula is C10H10N2O4S. The molecule has 1 aromatic rings. The van der Waals surface area contributed by atoms with Gasteiger partial charge < -0.3 is 10.1 Å². The Morgan fingerprint density at radius 2 is 2.35 bits per heavy atom. The van der Waals surface area contributed by atoms with Gasteiger partial charge in [0.1, 0.15) is 5.37 Å². The van der Waals surface area contributed by atoms with Crippen LogP contribution in [0.5, 0.6) is 5.75 Å². The molecule has 0 radical (unpaired) electrons.